The van der Waals surface area contributed by atoms with Crippen molar-refractivity contribution in [2.24, 2.45) is 5.92 Å². The van der Waals surface area contributed by atoms with Crippen molar-refractivity contribution in [2.75, 3.05) is 20.3 Å². The first-order valence-corrected chi connectivity index (χ1v) is 8.72. The predicted octanol–water partition coefficient (Wildman–Crippen LogP) is 2.47. The molecule has 0 unspecified atom stereocenters. The molecule has 1 atom stereocenters. The zero-order chi connectivity index (χ0) is 19.2. The second-order valence-corrected chi connectivity index (χ2v) is 6.42. The van der Waals surface area contributed by atoms with Crippen LogP contribution in [0.25, 0.3) is 0 Å². The van der Waals surface area contributed by atoms with Gasteiger partial charge in [-0.15, -0.1) is 0 Å². The van der Waals surface area contributed by atoms with Gasteiger partial charge in [0.05, 0.1) is 13.0 Å². The average molecular weight is 367 g/mol. The highest BCUT2D eigenvalue weighted by Crippen LogP contribution is 2.21. The number of carbonyl (C=O) groups is 3. The smallest absolute Gasteiger partial charge is 0.311 e. The zero-order valence-electron chi connectivity index (χ0n) is 15.1. The Bertz CT molecular complexity index is 816. The van der Waals surface area contributed by atoms with Crippen LogP contribution in [-0.4, -0.2) is 42.8 Å². The number of ketones is 1. The quantitative estimate of drug-likeness (QED) is 0.555. The Balaban J connectivity index is 1.50. The normalized spacial score (nSPS) is 16.3. The van der Waals surface area contributed by atoms with Crippen molar-refractivity contribution in [1.82, 2.24) is 4.90 Å². The maximum atomic E-state index is 12.3. The lowest BCUT2D eigenvalue weighted by molar-refractivity contribution is -0.147. The third-order valence-corrected chi connectivity index (χ3v) is 4.52. The largest absolute Gasteiger partial charge is 0.497 e. The molecule has 1 aliphatic rings. The molecule has 3 rings (SSSR count). The fourth-order valence-corrected chi connectivity index (χ4v) is 3.00. The van der Waals surface area contributed by atoms with E-state index in [1.165, 1.54) is 0 Å². The van der Waals surface area contributed by atoms with Gasteiger partial charge in [-0.2, -0.15) is 0 Å². The number of hydrogen-bond donors (Lipinski definition) is 0. The molecule has 27 heavy (non-hydrogen) atoms. The third kappa shape index (κ3) is 4.73. The molecular formula is C21H21NO5. The molecule has 6 nitrogen and oxygen atoms in total. The number of Topliss-reactive ketones (excluding diaryl/α,β-unsaturated/α-hetero) is 1. The van der Waals surface area contributed by atoms with Crippen LogP contribution in [0.5, 0.6) is 5.75 Å². The molecule has 1 fully saturated rings. The highest BCUT2D eigenvalue weighted by atomic mass is 16.5. The summed E-state index contributed by atoms with van der Waals surface area (Å²) < 4.78 is 10.2. The Morgan fingerprint density at radius 2 is 1.78 bits per heavy atom. The number of rotatable bonds is 7. The number of carbonyl (C=O) groups excluding carboxylic acids is 3. The minimum atomic E-state index is -0.537. The summed E-state index contributed by atoms with van der Waals surface area (Å²) in [6, 6.07) is 16.2. The molecule has 0 bridgehead atoms. The molecule has 2 aromatic rings. The minimum absolute atomic E-state index is 0.0812. The molecule has 2 aromatic carbocycles. The lowest BCUT2D eigenvalue weighted by Crippen LogP contribution is -2.27. The minimum Gasteiger partial charge on any atom is -0.497 e. The number of likely N-dealkylation sites (tertiary alicyclic amines) is 1. The monoisotopic (exact) mass is 367 g/mol. The van der Waals surface area contributed by atoms with E-state index in [2.05, 4.69) is 0 Å². The standard InChI is InChI=1S/C21H21NO5/c1-26-18-9-7-16(8-10-18)19(23)14-27-21(25)17-11-20(24)22(13-17)12-15-5-3-2-4-6-15/h2-10,17H,11-14H2,1H3/t17-/m0/s1. The molecule has 1 amide bonds. The number of methoxy groups -OCH3 is 1. The molecule has 0 N–H and O–H groups in total. The fourth-order valence-electron chi connectivity index (χ4n) is 3.00. The van der Waals surface area contributed by atoms with Crippen molar-refractivity contribution in [3.05, 3.63) is 65.7 Å². The molecule has 1 aliphatic heterocycles. The van der Waals surface area contributed by atoms with E-state index in [0.717, 1.165) is 5.56 Å². The SMILES string of the molecule is COc1ccc(C(=O)COC(=O)[C@H]2CC(=O)N(Cc3ccccc3)C2)cc1. The van der Waals surface area contributed by atoms with Crippen LogP contribution < -0.4 is 4.74 Å². The molecule has 0 aliphatic carbocycles. The summed E-state index contributed by atoms with van der Waals surface area (Å²) in [5, 5.41) is 0. The van der Waals surface area contributed by atoms with Crippen LogP contribution in [-0.2, 0) is 20.9 Å². The second kappa shape index (κ2) is 8.49. The number of nitrogens with zero attached hydrogens (tertiary/aromatic N) is 1. The number of benzene rings is 2. The Morgan fingerprint density at radius 3 is 2.44 bits per heavy atom. The van der Waals surface area contributed by atoms with E-state index in [1.807, 2.05) is 30.3 Å². The summed E-state index contributed by atoms with van der Waals surface area (Å²) in [6.07, 6.45) is 0.113. The summed E-state index contributed by atoms with van der Waals surface area (Å²) in [6.45, 7) is 0.437. The van der Waals surface area contributed by atoms with Gasteiger partial charge in [-0.1, -0.05) is 30.3 Å². The molecule has 0 radical (unpaired) electrons. The van der Waals surface area contributed by atoms with Crippen molar-refractivity contribution in [3.63, 3.8) is 0 Å². The Labute approximate surface area is 157 Å². The number of esters is 1. The second-order valence-electron chi connectivity index (χ2n) is 6.42. The molecule has 0 saturated carbocycles. The van der Waals surface area contributed by atoms with Crippen molar-refractivity contribution >= 4 is 17.7 Å². The molecule has 140 valence electrons. The Kier molecular flexibility index (Phi) is 5.86. The molecular weight excluding hydrogens is 346 g/mol. The molecule has 6 heteroatoms. The van der Waals surface area contributed by atoms with Gasteiger partial charge < -0.3 is 14.4 Å². The van der Waals surface area contributed by atoms with Gasteiger partial charge >= 0.3 is 5.97 Å². The van der Waals surface area contributed by atoms with Crippen LogP contribution in [0.3, 0.4) is 0 Å². The fraction of sp³-hybridized carbons (Fsp3) is 0.286. The predicted molar refractivity (Wildman–Crippen MR) is 98.2 cm³/mol. The van der Waals surface area contributed by atoms with Gasteiger partial charge in [0.1, 0.15) is 5.75 Å². The lowest BCUT2D eigenvalue weighted by Gasteiger charge is -2.16. The van der Waals surface area contributed by atoms with Crippen LogP contribution in [0.1, 0.15) is 22.3 Å². The number of amides is 1. The third-order valence-electron chi connectivity index (χ3n) is 4.52. The first-order chi connectivity index (χ1) is 13.1. The van der Waals surface area contributed by atoms with E-state index >= 15 is 0 Å². The van der Waals surface area contributed by atoms with Crippen molar-refractivity contribution in [1.29, 1.82) is 0 Å². The van der Waals surface area contributed by atoms with Crippen LogP contribution in [0, 0.1) is 5.92 Å². The van der Waals surface area contributed by atoms with Gasteiger partial charge in [0, 0.05) is 25.1 Å². The zero-order valence-corrected chi connectivity index (χ0v) is 15.1. The molecule has 0 spiro atoms. The van der Waals surface area contributed by atoms with E-state index in [0.29, 0.717) is 24.4 Å². The van der Waals surface area contributed by atoms with Crippen LogP contribution in [0.15, 0.2) is 54.6 Å². The van der Waals surface area contributed by atoms with Gasteiger partial charge in [0.25, 0.3) is 0 Å². The van der Waals surface area contributed by atoms with Crippen LogP contribution in [0.2, 0.25) is 0 Å². The van der Waals surface area contributed by atoms with Crippen LogP contribution in [0.4, 0.5) is 0 Å². The van der Waals surface area contributed by atoms with Gasteiger partial charge in [0.15, 0.2) is 12.4 Å². The number of hydrogen-bond acceptors (Lipinski definition) is 5. The highest BCUT2D eigenvalue weighted by molar-refractivity contribution is 5.98. The van der Waals surface area contributed by atoms with Gasteiger partial charge in [-0.05, 0) is 29.8 Å². The van der Waals surface area contributed by atoms with Crippen molar-refractivity contribution < 1.29 is 23.9 Å². The van der Waals surface area contributed by atoms with Crippen molar-refractivity contribution in [3.8, 4) is 5.75 Å². The van der Waals surface area contributed by atoms with E-state index in [-0.39, 0.29) is 24.7 Å². The van der Waals surface area contributed by atoms with Crippen LogP contribution >= 0.6 is 0 Å². The Morgan fingerprint density at radius 1 is 1.07 bits per heavy atom. The highest BCUT2D eigenvalue weighted by Gasteiger charge is 2.35. The average Bonchev–Trinajstić information content (AvgIpc) is 3.07. The summed E-state index contributed by atoms with van der Waals surface area (Å²) in [5.41, 5.74) is 1.45. The summed E-state index contributed by atoms with van der Waals surface area (Å²) in [4.78, 5) is 38.2. The Hall–Kier alpha value is -3.15. The van der Waals surface area contributed by atoms with E-state index < -0.39 is 11.9 Å². The van der Waals surface area contributed by atoms with Gasteiger partial charge in [-0.3, -0.25) is 14.4 Å². The molecule has 0 aromatic heterocycles. The summed E-state index contributed by atoms with van der Waals surface area (Å²) in [5.74, 6) is -0.782. The molecule has 1 heterocycles. The lowest BCUT2D eigenvalue weighted by atomic mass is 10.1. The number of ether oxygens (including phenoxy) is 2. The summed E-state index contributed by atoms with van der Waals surface area (Å²) in [7, 11) is 1.54. The first-order valence-electron chi connectivity index (χ1n) is 8.72. The van der Waals surface area contributed by atoms with E-state index in [1.54, 1.807) is 36.3 Å². The van der Waals surface area contributed by atoms with E-state index in [9.17, 15) is 14.4 Å². The first kappa shape index (κ1) is 18.6. The summed E-state index contributed by atoms with van der Waals surface area (Å²) >= 11 is 0. The van der Waals surface area contributed by atoms with Gasteiger partial charge in [-0.25, -0.2) is 0 Å². The van der Waals surface area contributed by atoms with Crippen molar-refractivity contribution in [2.45, 2.75) is 13.0 Å². The van der Waals surface area contributed by atoms with E-state index in [4.69, 9.17) is 9.47 Å². The topological polar surface area (TPSA) is 72.9 Å². The van der Waals surface area contributed by atoms with Gasteiger partial charge in [0.2, 0.25) is 5.91 Å². The maximum Gasteiger partial charge on any atom is 0.311 e. The molecule has 1 saturated heterocycles. The maximum absolute atomic E-state index is 12.3.